The molecule has 0 aliphatic heterocycles. The molecule has 0 radical (unpaired) electrons. The molecule has 4 rings (SSSR count). The van der Waals surface area contributed by atoms with Crippen molar-refractivity contribution in [1.29, 1.82) is 0 Å². The Labute approximate surface area is 160 Å². The Balaban J connectivity index is 1.99. The summed E-state index contributed by atoms with van der Waals surface area (Å²) in [5, 5.41) is 10.6. The number of aromatic nitrogens is 2. The molecular formula is C19H14ClN3O3S. The van der Waals surface area contributed by atoms with Gasteiger partial charge < -0.3 is 4.42 Å². The van der Waals surface area contributed by atoms with Gasteiger partial charge in [0, 0.05) is 16.1 Å². The van der Waals surface area contributed by atoms with E-state index < -0.39 is 10.0 Å². The zero-order valence-electron chi connectivity index (χ0n) is 13.9. The first-order chi connectivity index (χ1) is 12.9. The van der Waals surface area contributed by atoms with E-state index >= 15 is 0 Å². The van der Waals surface area contributed by atoms with Gasteiger partial charge in [-0.3, -0.25) is 0 Å². The first-order valence-electron chi connectivity index (χ1n) is 7.94. The predicted molar refractivity (Wildman–Crippen MR) is 103 cm³/mol. The maximum absolute atomic E-state index is 12.1. The number of primary sulfonamides is 1. The fraction of sp³-hybridized carbons (Fsp3) is 0. The van der Waals surface area contributed by atoms with E-state index in [9.17, 15) is 8.42 Å². The first kappa shape index (κ1) is 17.5. The number of hydrogen-bond acceptors (Lipinski definition) is 4. The molecule has 8 heteroatoms. The van der Waals surface area contributed by atoms with Crippen LogP contribution in [0.25, 0.3) is 28.2 Å². The maximum Gasteiger partial charge on any atom is 0.240 e. The zero-order chi connectivity index (χ0) is 19.0. The number of rotatable bonds is 4. The lowest BCUT2D eigenvalue weighted by Gasteiger charge is -2.11. The van der Waals surface area contributed by atoms with E-state index in [1.807, 2.05) is 18.2 Å². The summed E-state index contributed by atoms with van der Waals surface area (Å²) < 4.78 is 30.8. The predicted octanol–water partition coefficient (Wildman–Crippen LogP) is 4.10. The van der Waals surface area contributed by atoms with Crippen LogP contribution < -0.4 is 5.14 Å². The van der Waals surface area contributed by atoms with Gasteiger partial charge in [0.05, 0.1) is 29.6 Å². The third-order valence-electron chi connectivity index (χ3n) is 4.07. The number of hydrogen-bond donors (Lipinski definition) is 1. The van der Waals surface area contributed by atoms with Crippen molar-refractivity contribution < 1.29 is 12.8 Å². The highest BCUT2D eigenvalue weighted by Crippen LogP contribution is 2.31. The van der Waals surface area contributed by atoms with E-state index in [1.165, 1.54) is 6.07 Å². The van der Waals surface area contributed by atoms with Crippen molar-refractivity contribution in [1.82, 2.24) is 9.78 Å². The minimum atomic E-state index is -3.93. The number of nitrogens with zero attached hydrogens (tertiary/aromatic N) is 2. The lowest BCUT2D eigenvalue weighted by molar-refractivity contribution is 0.568. The van der Waals surface area contributed by atoms with Gasteiger partial charge in [-0.05, 0) is 36.4 Å². The molecule has 6 nitrogen and oxygen atoms in total. The molecule has 0 spiro atoms. The smallest absolute Gasteiger partial charge is 0.240 e. The highest BCUT2D eigenvalue weighted by atomic mass is 35.5. The van der Waals surface area contributed by atoms with Crippen LogP contribution in [-0.2, 0) is 10.0 Å². The number of nitrogens with two attached hydrogens (primary N) is 1. The van der Waals surface area contributed by atoms with Gasteiger partial charge in [-0.15, -0.1) is 0 Å². The van der Waals surface area contributed by atoms with Crippen LogP contribution in [0, 0.1) is 0 Å². The molecule has 0 bridgehead atoms. The quantitative estimate of drug-likeness (QED) is 0.559. The first-order valence-corrected chi connectivity index (χ1v) is 9.87. The van der Waals surface area contributed by atoms with Crippen LogP contribution in [0.2, 0.25) is 5.02 Å². The molecule has 0 atom stereocenters. The van der Waals surface area contributed by atoms with Crippen LogP contribution in [0.5, 0.6) is 0 Å². The fourth-order valence-corrected chi connectivity index (χ4v) is 3.66. The fourth-order valence-electron chi connectivity index (χ4n) is 2.82. The summed E-state index contributed by atoms with van der Waals surface area (Å²) in [5.41, 5.74) is 3.29. The molecule has 2 aromatic heterocycles. The van der Waals surface area contributed by atoms with Gasteiger partial charge in [-0.1, -0.05) is 35.9 Å². The number of halogens is 1. The minimum Gasteiger partial charge on any atom is -0.472 e. The maximum atomic E-state index is 12.1. The van der Waals surface area contributed by atoms with E-state index in [2.05, 4.69) is 5.10 Å². The SMILES string of the molecule is NS(=O)(=O)c1ccccc1-n1nc(-c2ccoc2)cc1-c1ccc(Cl)cc1. The Morgan fingerprint density at radius 2 is 1.74 bits per heavy atom. The molecule has 0 unspecified atom stereocenters. The van der Waals surface area contributed by atoms with Crippen molar-refractivity contribution in [3.05, 3.63) is 78.2 Å². The molecule has 2 N–H and O–H groups in total. The summed E-state index contributed by atoms with van der Waals surface area (Å²) >= 11 is 6.00. The molecule has 0 fully saturated rings. The van der Waals surface area contributed by atoms with Crippen LogP contribution in [-0.4, -0.2) is 18.2 Å². The van der Waals surface area contributed by atoms with Crippen molar-refractivity contribution in [2.75, 3.05) is 0 Å². The lowest BCUT2D eigenvalue weighted by Crippen LogP contribution is -2.16. The molecular weight excluding hydrogens is 386 g/mol. The largest absolute Gasteiger partial charge is 0.472 e. The monoisotopic (exact) mass is 399 g/mol. The van der Waals surface area contributed by atoms with Crippen LogP contribution in [0.1, 0.15) is 0 Å². The Morgan fingerprint density at radius 1 is 1.00 bits per heavy atom. The topological polar surface area (TPSA) is 91.1 Å². The Kier molecular flexibility index (Phi) is 4.35. The van der Waals surface area contributed by atoms with E-state index in [0.29, 0.717) is 22.1 Å². The van der Waals surface area contributed by atoms with Gasteiger partial charge in [0.1, 0.15) is 4.90 Å². The normalized spacial score (nSPS) is 11.6. The standard InChI is InChI=1S/C19H14ClN3O3S/c20-15-7-5-13(6-8-15)18-11-16(14-9-10-26-12-14)22-23(18)17-3-1-2-4-19(17)27(21,24)25/h1-12H,(H2,21,24,25). The number of sulfonamides is 1. The minimum absolute atomic E-state index is 0.0120. The average molecular weight is 400 g/mol. The van der Waals surface area contributed by atoms with Gasteiger partial charge in [-0.2, -0.15) is 5.10 Å². The highest BCUT2D eigenvalue weighted by Gasteiger charge is 2.20. The Morgan fingerprint density at radius 3 is 2.41 bits per heavy atom. The second-order valence-corrected chi connectivity index (χ2v) is 7.82. The molecule has 0 amide bonds. The molecule has 2 aromatic carbocycles. The molecule has 0 aliphatic carbocycles. The molecule has 27 heavy (non-hydrogen) atoms. The van der Waals surface area contributed by atoms with Crippen molar-refractivity contribution in [2.24, 2.45) is 5.14 Å². The van der Waals surface area contributed by atoms with Crippen LogP contribution >= 0.6 is 11.6 Å². The highest BCUT2D eigenvalue weighted by molar-refractivity contribution is 7.89. The second-order valence-electron chi connectivity index (χ2n) is 5.86. The third-order valence-corrected chi connectivity index (χ3v) is 5.28. The molecule has 4 aromatic rings. The number of para-hydroxylation sites is 1. The Hall–Kier alpha value is -2.87. The molecule has 0 aliphatic rings. The van der Waals surface area contributed by atoms with Gasteiger partial charge in [0.15, 0.2) is 0 Å². The lowest BCUT2D eigenvalue weighted by atomic mass is 10.1. The number of furan rings is 1. The van der Waals surface area contributed by atoms with Crippen molar-refractivity contribution in [3.8, 4) is 28.2 Å². The van der Waals surface area contributed by atoms with E-state index in [1.54, 1.807) is 53.6 Å². The van der Waals surface area contributed by atoms with E-state index in [0.717, 1.165) is 11.1 Å². The van der Waals surface area contributed by atoms with Crippen LogP contribution in [0.3, 0.4) is 0 Å². The molecule has 0 saturated heterocycles. The number of benzene rings is 2. The van der Waals surface area contributed by atoms with Gasteiger partial charge in [0.25, 0.3) is 0 Å². The summed E-state index contributed by atoms with van der Waals surface area (Å²) in [4.78, 5) is -0.0120. The summed E-state index contributed by atoms with van der Waals surface area (Å²) in [6.07, 6.45) is 3.12. The second kappa shape index (κ2) is 6.70. The van der Waals surface area contributed by atoms with Crippen molar-refractivity contribution >= 4 is 21.6 Å². The molecule has 136 valence electrons. The van der Waals surface area contributed by atoms with Crippen molar-refractivity contribution in [2.45, 2.75) is 4.90 Å². The van der Waals surface area contributed by atoms with E-state index in [-0.39, 0.29) is 4.90 Å². The molecule has 0 saturated carbocycles. The zero-order valence-corrected chi connectivity index (χ0v) is 15.5. The van der Waals surface area contributed by atoms with Gasteiger partial charge in [-0.25, -0.2) is 18.2 Å². The summed E-state index contributed by atoms with van der Waals surface area (Å²) in [6, 6.07) is 17.3. The third kappa shape index (κ3) is 3.40. The summed E-state index contributed by atoms with van der Waals surface area (Å²) in [7, 11) is -3.93. The van der Waals surface area contributed by atoms with Crippen LogP contribution in [0.4, 0.5) is 0 Å². The van der Waals surface area contributed by atoms with E-state index in [4.69, 9.17) is 21.2 Å². The van der Waals surface area contributed by atoms with Crippen molar-refractivity contribution in [3.63, 3.8) is 0 Å². The summed E-state index contributed by atoms with van der Waals surface area (Å²) in [5.74, 6) is 0. The van der Waals surface area contributed by atoms with Gasteiger partial charge in [0.2, 0.25) is 10.0 Å². The average Bonchev–Trinajstić information content (AvgIpc) is 3.31. The molecule has 2 heterocycles. The Bertz CT molecular complexity index is 1200. The summed E-state index contributed by atoms with van der Waals surface area (Å²) in [6.45, 7) is 0. The van der Waals surface area contributed by atoms with Crippen LogP contribution in [0.15, 0.2) is 82.5 Å². The van der Waals surface area contributed by atoms with Gasteiger partial charge >= 0.3 is 0 Å².